The summed E-state index contributed by atoms with van der Waals surface area (Å²) in [7, 11) is 1.46. The van der Waals surface area contributed by atoms with Gasteiger partial charge in [-0.25, -0.2) is 22.9 Å². The number of carbonyl (C=O) groups excluding carboxylic acids is 3. The van der Waals surface area contributed by atoms with Crippen LogP contribution < -0.4 is 15.1 Å². The first-order valence-electron chi connectivity index (χ1n) is 13.0. The molecular weight excluding hydrogens is 585 g/mol. The summed E-state index contributed by atoms with van der Waals surface area (Å²) in [5.41, 5.74) is 0.221. The molecule has 2 heterocycles. The van der Waals surface area contributed by atoms with Crippen LogP contribution in [0, 0.1) is 29.5 Å². The predicted molar refractivity (Wildman–Crippen MR) is 154 cm³/mol. The number of alkyl halides is 2. The van der Waals surface area contributed by atoms with Crippen LogP contribution in [-0.2, 0) is 9.59 Å². The Kier molecular flexibility index (Phi) is 9.12. The summed E-state index contributed by atoms with van der Waals surface area (Å²) in [6.07, 6.45) is 8.01. The standard InChI is InChI=1S/C30H26ClF3N6O3/c1-4-5-9-23(31)18(2)26(27(41)37-21-14-30(33,34)15-21)39(22-8-6-7-20(32)13-22)28(42)24-17-38(3)29(43)40(24)25-12-19(16-35)10-11-36-25/h1,5-13,21,24,26H,14-15,17H2,2-3H3,(H,37,41). The summed E-state index contributed by atoms with van der Waals surface area (Å²) in [6, 6.07) is 5.23. The van der Waals surface area contributed by atoms with Crippen LogP contribution in [0.2, 0.25) is 0 Å². The lowest BCUT2D eigenvalue weighted by molar-refractivity contribution is -0.132. The molecule has 2 atom stereocenters. The van der Waals surface area contributed by atoms with Crippen molar-refractivity contribution in [1.82, 2.24) is 15.2 Å². The van der Waals surface area contributed by atoms with E-state index in [1.807, 2.05) is 6.07 Å². The van der Waals surface area contributed by atoms with Gasteiger partial charge in [0.25, 0.3) is 11.8 Å². The molecule has 4 amide bonds. The van der Waals surface area contributed by atoms with Gasteiger partial charge in [-0.3, -0.25) is 19.4 Å². The van der Waals surface area contributed by atoms with Crippen molar-refractivity contribution in [2.24, 2.45) is 0 Å². The number of hydrogen-bond acceptors (Lipinski definition) is 5. The van der Waals surface area contributed by atoms with Crippen LogP contribution in [0.15, 0.2) is 65.4 Å². The highest BCUT2D eigenvalue weighted by atomic mass is 35.5. The maximum atomic E-state index is 14.6. The van der Waals surface area contributed by atoms with Gasteiger partial charge >= 0.3 is 6.03 Å². The number of hydrogen-bond donors (Lipinski definition) is 1. The fourth-order valence-electron chi connectivity index (χ4n) is 4.93. The second kappa shape index (κ2) is 12.6. The van der Waals surface area contributed by atoms with Crippen molar-refractivity contribution in [2.45, 2.75) is 43.8 Å². The van der Waals surface area contributed by atoms with E-state index in [0.717, 1.165) is 21.9 Å². The summed E-state index contributed by atoms with van der Waals surface area (Å²) < 4.78 is 41.8. The second-order valence-corrected chi connectivity index (χ2v) is 10.6. The van der Waals surface area contributed by atoms with E-state index in [2.05, 4.69) is 16.2 Å². The molecule has 1 aromatic carbocycles. The van der Waals surface area contributed by atoms with Crippen molar-refractivity contribution in [1.29, 1.82) is 5.26 Å². The van der Waals surface area contributed by atoms with Crippen LogP contribution >= 0.6 is 11.6 Å². The summed E-state index contributed by atoms with van der Waals surface area (Å²) in [5, 5.41) is 11.9. The molecule has 1 aliphatic heterocycles. The molecule has 2 fully saturated rings. The minimum Gasteiger partial charge on any atom is -0.351 e. The molecule has 2 aromatic rings. The van der Waals surface area contributed by atoms with Crippen molar-refractivity contribution in [3.63, 3.8) is 0 Å². The average Bonchev–Trinajstić information content (AvgIpc) is 3.26. The van der Waals surface area contributed by atoms with Crippen molar-refractivity contribution >= 4 is 41.0 Å². The molecule has 1 aliphatic carbocycles. The molecule has 43 heavy (non-hydrogen) atoms. The van der Waals surface area contributed by atoms with Crippen molar-refractivity contribution < 1.29 is 27.6 Å². The molecule has 2 unspecified atom stereocenters. The molecule has 13 heteroatoms. The Morgan fingerprint density at radius 1 is 1.30 bits per heavy atom. The van der Waals surface area contributed by atoms with E-state index in [9.17, 15) is 32.8 Å². The third kappa shape index (κ3) is 6.65. The predicted octanol–water partition coefficient (Wildman–Crippen LogP) is 4.35. The molecule has 1 aromatic heterocycles. The van der Waals surface area contributed by atoms with Gasteiger partial charge in [0.05, 0.1) is 18.2 Å². The number of amides is 4. The number of halogens is 4. The van der Waals surface area contributed by atoms with Gasteiger partial charge in [-0.2, -0.15) is 5.26 Å². The average molecular weight is 611 g/mol. The number of likely N-dealkylation sites (N-methyl/N-ethyl adjacent to an activating group) is 1. The van der Waals surface area contributed by atoms with Crippen LogP contribution in [0.3, 0.4) is 0 Å². The van der Waals surface area contributed by atoms with Crippen LogP contribution in [0.5, 0.6) is 0 Å². The normalized spacial score (nSPS) is 19.3. The Bertz CT molecular complexity index is 1590. The number of nitrogens with zero attached hydrogens (tertiary/aromatic N) is 5. The number of urea groups is 1. The molecule has 222 valence electrons. The first-order chi connectivity index (χ1) is 20.4. The van der Waals surface area contributed by atoms with Gasteiger partial charge in [0.2, 0.25) is 5.91 Å². The summed E-state index contributed by atoms with van der Waals surface area (Å²) in [5.74, 6) is -3.07. The third-order valence-electron chi connectivity index (χ3n) is 7.08. The van der Waals surface area contributed by atoms with Crippen molar-refractivity contribution in [2.75, 3.05) is 23.4 Å². The van der Waals surface area contributed by atoms with E-state index in [1.54, 1.807) is 0 Å². The maximum Gasteiger partial charge on any atom is 0.326 e. The number of aromatic nitrogens is 1. The molecular formula is C30H26ClF3N6O3. The number of nitriles is 1. The minimum atomic E-state index is -2.94. The topological polar surface area (TPSA) is 110 Å². The summed E-state index contributed by atoms with van der Waals surface area (Å²) >= 11 is 6.48. The van der Waals surface area contributed by atoms with Crippen molar-refractivity contribution in [3.05, 3.63) is 76.7 Å². The number of rotatable bonds is 8. The van der Waals surface area contributed by atoms with Gasteiger partial charge in [-0.05, 0) is 55.0 Å². The number of anilines is 2. The monoisotopic (exact) mass is 610 g/mol. The number of allylic oxidation sites excluding steroid dienone is 3. The van der Waals surface area contributed by atoms with E-state index < -0.39 is 60.6 Å². The molecule has 0 bridgehead atoms. The summed E-state index contributed by atoms with van der Waals surface area (Å²) in [4.78, 5) is 49.1. The minimum absolute atomic E-state index is 0.00546. The Hall–Kier alpha value is -4.81. The SMILES string of the molecule is C#CC=CC(Cl)=C(C)C(C(=O)NC1CC(F)(F)C1)N(C(=O)C1CN(C)C(=O)N1c1cc(C#N)ccn1)c1cccc(F)c1. The quantitative estimate of drug-likeness (QED) is 0.353. The zero-order valence-electron chi connectivity index (χ0n) is 23.1. The van der Waals surface area contributed by atoms with Crippen LogP contribution in [0.4, 0.5) is 29.5 Å². The molecule has 9 nitrogen and oxygen atoms in total. The first-order valence-corrected chi connectivity index (χ1v) is 13.4. The van der Waals surface area contributed by atoms with E-state index >= 15 is 0 Å². The maximum absolute atomic E-state index is 14.6. The molecule has 0 spiro atoms. The van der Waals surface area contributed by atoms with Gasteiger partial charge in [0, 0.05) is 42.8 Å². The van der Waals surface area contributed by atoms with Gasteiger partial charge in [-0.1, -0.05) is 23.6 Å². The molecule has 1 saturated carbocycles. The lowest BCUT2D eigenvalue weighted by atomic mass is 9.87. The molecule has 1 saturated heterocycles. The number of benzene rings is 1. The van der Waals surface area contributed by atoms with Gasteiger partial charge in [0.15, 0.2) is 0 Å². The zero-order valence-corrected chi connectivity index (χ0v) is 23.9. The highest BCUT2D eigenvalue weighted by Gasteiger charge is 2.49. The number of terminal acetylenes is 1. The zero-order chi connectivity index (χ0) is 31.5. The van der Waals surface area contributed by atoms with E-state index in [0.29, 0.717) is 0 Å². The molecule has 4 rings (SSSR count). The smallest absolute Gasteiger partial charge is 0.326 e. The van der Waals surface area contributed by atoms with E-state index in [4.69, 9.17) is 18.0 Å². The third-order valence-corrected chi connectivity index (χ3v) is 7.50. The fourth-order valence-corrected chi connectivity index (χ4v) is 5.09. The van der Waals surface area contributed by atoms with Crippen molar-refractivity contribution in [3.8, 4) is 18.4 Å². The highest BCUT2D eigenvalue weighted by Crippen LogP contribution is 2.38. The number of nitrogens with one attached hydrogen (secondary N) is 1. The first kappa shape index (κ1) is 31.1. The Morgan fingerprint density at radius 3 is 2.65 bits per heavy atom. The van der Waals surface area contributed by atoms with Gasteiger partial charge in [0.1, 0.15) is 23.7 Å². The second-order valence-electron chi connectivity index (χ2n) is 10.2. The number of pyridine rings is 1. The fraction of sp³-hybridized carbons (Fsp3) is 0.300. The van der Waals surface area contributed by atoms with E-state index in [1.165, 1.54) is 61.5 Å². The van der Waals surface area contributed by atoms with E-state index in [-0.39, 0.29) is 34.2 Å². The molecule has 0 radical (unpaired) electrons. The largest absolute Gasteiger partial charge is 0.351 e. The summed E-state index contributed by atoms with van der Waals surface area (Å²) in [6.45, 7) is 1.29. The lowest BCUT2D eigenvalue weighted by Crippen LogP contribution is -2.60. The highest BCUT2D eigenvalue weighted by molar-refractivity contribution is 6.32. The van der Waals surface area contributed by atoms with Gasteiger partial charge < -0.3 is 10.2 Å². The number of carbonyl (C=O) groups is 3. The Morgan fingerprint density at radius 2 is 2.02 bits per heavy atom. The van der Waals surface area contributed by atoms with Gasteiger partial charge in [-0.15, -0.1) is 6.42 Å². The molecule has 2 aliphatic rings. The van der Waals surface area contributed by atoms with Crippen LogP contribution in [0.25, 0.3) is 0 Å². The van der Waals surface area contributed by atoms with Crippen LogP contribution in [0.1, 0.15) is 25.3 Å². The lowest BCUT2D eigenvalue weighted by Gasteiger charge is -2.39. The Balaban J connectivity index is 1.86. The van der Waals surface area contributed by atoms with Crippen LogP contribution in [-0.4, -0.2) is 65.4 Å². The molecule has 1 N–H and O–H groups in total. The Labute approximate surface area is 251 Å².